The van der Waals surface area contributed by atoms with Crippen molar-refractivity contribution in [1.29, 1.82) is 0 Å². The van der Waals surface area contributed by atoms with Gasteiger partial charge in [-0.15, -0.1) is 0 Å². The highest BCUT2D eigenvalue weighted by atomic mass is 19.4. The maximum atomic E-state index is 12.8. The normalized spacial score (nSPS) is 17.7. The van der Waals surface area contributed by atoms with Gasteiger partial charge in [-0.05, 0) is 55.6 Å². The molecule has 5 nitrogen and oxygen atoms in total. The summed E-state index contributed by atoms with van der Waals surface area (Å²) in [4.78, 5) is 29.9. The number of hydrogen-bond acceptors (Lipinski definition) is 3. The van der Waals surface area contributed by atoms with E-state index in [-0.39, 0.29) is 12.1 Å². The molecule has 30 heavy (non-hydrogen) atoms. The predicted octanol–water partition coefficient (Wildman–Crippen LogP) is 4.09. The highest BCUT2D eigenvalue weighted by Gasteiger charge is 2.30. The number of H-pyrrole nitrogens is 1. The summed E-state index contributed by atoms with van der Waals surface area (Å²) in [6.07, 6.45) is 0.114. The summed E-state index contributed by atoms with van der Waals surface area (Å²) >= 11 is 0. The van der Waals surface area contributed by atoms with Crippen LogP contribution in [0.1, 0.15) is 59.8 Å². The molecular formula is C22H26F3N3O2. The second-order valence-electron chi connectivity index (χ2n) is 7.64. The van der Waals surface area contributed by atoms with Crippen molar-refractivity contribution >= 4 is 5.91 Å². The predicted molar refractivity (Wildman–Crippen MR) is 108 cm³/mol. The van der Waals surface area contributed by atoms with E-state index in [9.17, 15) is 22.8 Å². The van der Waals surface area contributed by atoms with Gasteiger partial charge in [0.05, 0.1) is 5.56 Å². The van der Waals surface area contributed by atoms with Gasteiger partial charge in [-0.3, -0.25) is 14.5 Å². The van der Waals surface area contributed by atoms with Crippen LogP contribution in [-0.4, -0.2) is 28.4 Å². The molecule has 0 bridgehead atoms. The van der Waals surface area contributed by atoms with Crippen LogP contribution in [0.4, 0.5) is 13.2 Å². The summed E-state index contributed by atoms with van der Waals surface area (Å²) in [5, 5.41) is 2.52. The number of nitrogens with zero attached hydrogens (tertiary/aromatic N) is 1. The second-order valence-corrected chi connectivity index (χ2v) is 7.64. The van der Waals surface area contributed by atoms with Crippen LogP contribution in [0.25, 0.3) is 0 Å². The molecule has 3 rings (SSSR count). The maximum absolute atomic E-state index is 12.8. The number of rotatable bonds is 6. The molecule has 0 aliphatic carbocycles. The summed E-state index contributed by atoms with van der Waals surface area (Å²) in [7, 11) is 0. The first kappa shape index (κ1) is 22.1. The molecule has 1 aliphatic heterocycles. The molecule has 1 atom stereocenters. The van der Waals surface area contributed by atoms with Crippen molar-refractivity contribution in [1.82, 2.24) is 15.2 Å². The van der Waals surface area contributed by atoms with Gasteiger partial charge in [-0.2, -0.15) is 13.2 Å². The first-order valence-corrected chi connectivity index (χ1v) is 10.2. The number of pyridine rings is 1. The van der Waals surface area contributed by atoms with Crippen LogP contribution in [0.3, 0.4) is 0 Å². The molecule has 2 aromatic rings. The SMILES string of the molecule is CCC1CCCCN1Cc1ccc(C(=O)NCc2cccc(C(F)(F)F)c2)c(=O)[nH]1. The van der Waals surface area contributed by atoms with Gasteiger partial charge in [0, 0.05) is 24.8 Å². The van der Waals surface area contributed by atoms with Crippen molar-refractivity contribution in [2.75, 3.05) is 6.54 Å². The topological polar surface area (TPSA) is 65.2 Å². The van der Waals surface area contributed by atoms with E-state index in [1.807, 2.05) is 0 Å². The third-order valence-corrected chi connectivity index (χ3v) is 5.52. The number of carbonyl (C=O) groups is 1. The number of hydrogen-bond donors (Lipinski definition) is 2. The average molecular weight is 421 g/mol. The Morgan fingerprint density at radius 1 is 1.23 bits per heavy atom. The molecule has 1 unspecified atom stereocenters. The van der Waals surface area contributed by atoms with Crippen molar-refractivity contribution in [2.45, 2.75) is 57.9 Å². The number of aromatic amines is 1. The van der Waals surface area contributed by atoms with Gasteiger partial charge in [-0.25, -0.2) is 0 Å². The minimum absolute atomic E-state index is 0.0589. The van der Waals surface area contributed by atoms with Crippen molar-refractivity contribution in [2.24, 2.45) is 0 Å². The zero-order valence-electron chi connectivity index (χ0n) is 16.9. The van der Waals surface area contributed by atoms with E-state index in [0.717, 1.165) is 43.6 Å². The third kappa shape index (κ3) is 5.50. The Labute approximate surface area is 173 Å². The molecule has 1 saturated heterocycles. The second kappa shape index (κ2) is 9.47. The van der Waals surface area contributed by atoms with Crippen molar-refractivity contribution < 1.29 is 18.0 Å². The summed E-state index contributed by atoms with van der Waals surface area (Å²) in [6, 6.07) is 8.43. The Kier molecular flexibility index (Phi) is 6.97. The molecule has 1 aromatic heterocycles. The van der Waals surface area contributed by atoms with E-state index < -0.39 is 23.2 Å². The van der Waals surface area contributed by atoms with Crippen LogP contribution in [-0.2, 0) is 19.3 Å². The van der Waals surface area contributed by atoms with Crippen LogP contribution in [0, 0.1) is 0 Å². The molecule has 2 heterocycles. The monoisotopic (exact) mass is 421 g/mol. The Hall–Kier alpha value is -2.61. The molecule has 1 aliphatic rings. The fourth-order valence-corrected chi connectivity index (χ4v) is 3.87. The van der Waals surface area contributed by atoms with Crippen molar-refractivity contribution in [3.05, 3.63) is 69.1 Å². The number of piperidine rings is 1. The number of benzene rings is 1. The van der Waals surface area contributed by atoms with Crippen molar-refractivity contribution in [3.8, 4) is 0 Å². The van der Waals surface area contributed by atoms with Crippen LogP contribution < -0.4 is 10.9 Å². The van der Waals surface area contributed by atoms with Gasteiger partial charge in [0.15, 0.2) is 0 Å². The number of likely N-dealkylation sites (tertiary alicyclic amines) is 1. The molecular weight excluding hydrogens is 395 g/mol. The quantitative estimate of drug-likeness (QED) is 0.739. The van der Waals surface area contributed by atoms with E-state index in [1.54, 1.807) is 6.07 Å². The van der Waals surface area contributed by atoms with Gasteiger partial charge < -0.3 is 10.3 Å². The van der Waals surface area contributed by atoms with Crippen LogP contribution in [0.5, 0.6) is 0 Å². The summed E-state index contributed by atoms with van der Waals surface area (Å²) < 4.78 is 38.4. The number of amides is 1. The Balaban J connectivity index is 1.63. The molecule has 2 N–H and O–H groups in total. The number of halogens is 3. The number of aromatic nitrogens is 1. The van der Waals surface area contributed by atoms with Gasteiger partial charge in [-0.1, -0.05) is 25.5 Å². The summed E-state index contributed by atoms with van der Waals surface area (Å²) in [5.41, 5.74) is -0.285. The van der Waals surface area contributed by atoms with E-state index in [4.69, 9.17) is 0 Å². The minimum atomic E-state index is -4.45. The fourth-order valence-electron chi connectivity index (χ4n) is 3.87. The Morgan fingerprint density at radius 2 is 2.03 bits per heavy atom. The standard InChI is InChI=1S/C22H26F3N3O2/c1-2-18-8-3-4-11-28(18)14-17-9-10-19(21(30)27-17)20(29)26-13-15-6-5-7-16(12-15)22(23,24)25/h5-7,9-10,12,18H,2-4,8,11,13-14H2,1H3,(H,26,29)(H,27,30). The Bertz CT molecular complexity index is 940. The molecule has 0 saturated carbocycles. The third-order valence-electron chi connectivity index (χ3n) is 5.52. The lowest BCUT2D eigenvalue weighted by atomic mass is 10.00. The fraction of sp³-hybridized carbons (Fsp3) is 0.455. The highest BCUT2D eigenvalue weighted by molar-refractivity contribution is 5.93. The Morgan fingerprint density at radius 3 is 2.73 bits per heavy atom. The minimum Gasteiger partial charge on any atom is -0.348 e. The molecule has 0 spiro atoms. The van der Waals surface area contributed by atoms with Crippen LogP contribution in [0.2, 0.25) is 0 Å². The van der Waals surface area contributed by atoms with Crippen molar-refractivity contribution in [3.63, 3.8) is 0 Å². The molecule has 1 aromatic carbocycles. The van der Waals surface area contributed by atoms with Gasteiger partial charge in [0.1, 0.15) is 5.56 Å². The van der Waals surface area contributed by atoms with Gasteiger partial charge >= 0.3 is 6.18 Å². The number of nitrogens with one attached hydrogen (secondary N) is 2. The molecule has 1 amide bonds. The van der Waals surface area contributed by atoms with Gasteiger partial charge in [0.2, 0.25) is 0 Å². The first-order valence-electron chi connectivity index (χ1n) is 10.2. The molecule has 162 valence electrons. The molecule has 8 heteroatoms. The van der Waals surface area contributed by atoms with Crippen LogP contribution >= 0.6 is 0 Å². The number of alkyl halides is 3. The zero-order chi connectivity index (χ0) is 21.7. The van der Waals surface area contributed by atoms with E-state index >= 15 is 0 Å². The smallest absolute Gasteiger partial charge is 0.348 e. The lowest BCUT2D eigenvalue weighted by molar-refractivity contribution is -0.137. The lowest BCUT2D eigenvalue weighted by Crippen LogP contribution is -2.39. The van der Waals surface area contributed by atoms with Gasteiger partial charge in [0.25, 0.3) is 11.5 Å². The van der Waals surface area contributed by atoms with E-state index in [2.05, 4.69) is 22.1 Å². The summed E-state index contributed by atoms with van der Waals surface area (Å²) in [6.45, 7) is 3.67. The van der Waals surface area contributed by atoms with Crippen LogP contribution in [0.15, 0.2) is 41.2 Å². The first-order chi connectivity index (χ1) is 14.3. The lowest BCUT2D eigenvalue weighted by Gasteiger charge is -2.35. The van der Waals surface area contributed by atoms with E-state index in [1.165, 1.54) is 24.6 Å². The number of carbonyl (C=O) groups excluding carboxylic acids is 1. The largest absolute Gasteiger partial charge is 0.416 e. The zero-order valence-corrected chi connectivity index (χ0v) is 16.9. The highest BCUT2D eigenvalue weighted by Crippen LogP contribution is 2.29. The molecule has 0 radical (unpaired) electrons. The van der Waals surface area contributed by atoms with E-state index in [0.29, 0.717) is 18.2 Å². The summed E-state index contributed by atoms with van der Waals surface area (Å²) in [5.74, 6) is -0.621. The maximum Gasteiger partial charge on any atom is 0.416 e. The molecule has 1 fully saturated rings. The average Bonchev–Trinajstić information content (AvgIpc) is 2.72.